The van der Waals surface area contributed by atoms with Crippen LogP contribution in [-0.2, 0) is 6.54 Å². The van der Waals surface area contributed by atoms with E-state index in [1.807, 2.05) is 0 Å². The fourth-order valence-corrected chi connectivity index (χ4v) is 2.33. The van der Waals surface area contributed by atoms with Gasteiger partial charge in [0.2, 0.25) is 0 Å². The van der Waals surface area contributed by atoms with E-state index in [0.29, 0.717) is 18.5 Å². The molecule has 1 aromatic carbocycles. The lowest BCUT2D eigenvalue weighted by Gasteiger charge is -2.36. The molecule has 2 N–H and O–H groups in total. The molecule has 1 atom stereocenters. The number of nitrogens with one attached hydrogen (secondary N) is 1. The molecular formula is C13H18F2N2O. The zero-order valence-electron chi connectivity index (χ0n) is 10.2. The Morgan fingerprint density at radius 2 is 2.22 bits per heavy atom. The lowest BCUT2D eigenvalue weighted by molar-refractivity contribution is 0.122. The summed E-state index contributed by atoms with van der Waals surface area (Å²) in [6.07, 6.45) is 0.643. The Morgan fingerprint density at radius 3 is 3.00 bits per heavy atom. The van der Waals surface area contributed by atoms with Gasteiger partial charge < -0.3 is 10.4 Å². The van der Waals surface area contributed by atoms with Crippen molar-refractivity contribution in [3.05, 3.63) is 35.4 Å². The van der Waals surface area contributed by atoms with E-state index >= 15 is 0 Å². The minimum atomic E-state index is -0.804. The van der Waals surface area contributed by atoms with E-state index in [-0.39, 0.29) is 12.6 Å². The van der Waals surface area contributed by atoms with Crippen molar-refractivity contribution in [1.29, 1.82) is 0 Å². The Balaban J connectivity index is 2.08. The van der Waals surface area contributed by atoms with Crippen molar-refractivity contribution in [2.24, 2.45) is 0 Å². The molecule has 1 aliphatic heterocycles. The molecule has 1 aliphatic rings. The summed E-state index contributed by atoms with van der Waals surface area (Å²) in [7, 11) is 0. The molecule has 5 heteroatoms. The van der Waals surface area contributed by atoms with Gasteiger partial charge in [0.1, 0.15) is 0 Å². The zero-order valence-corrected chi connectivity index (χ0v) is 10.2. The van der Waals surface area contributed by atoms with Crippen LogP contribution in [0.3, 0.4) is 0 Å². The molecule has 18 heavy (non-hydrogen) atoms. The Morgan fingerprint density at radius 1 is 1.39 bits per heavy atom. The maximum Gasteiger partial charge on any atom is 0.163 e. The molecule has 0 aromatic heterocycles. The van der Waals surface area contributed by atoms with Gasteiger partial charge in [-0.25, -0.2) is 8.78 Å². The number of rotatable bonds is 4. The van der Waals surface area contributed by atoms with Crippen molar-refractivity contribution in [2.45, 2.75) is 19.0 Å². The molecule has 1 heterocycles. The third-order valence-corrected chi connectivity index (χ3v) is 3.34. The number of hydrogen-bond donors (Lipinski definition) is 2. The highest BCUT2D eigenvalue weighted by molar-refractivity contribution is 5.19. The monoisotopic (exact) mass is 256 g/mol. The summed E-state index contributed by atoms with van der Waals surface area (Å²) in [5, 5.41) is 12.3. The quantitative estimate of drug-likeness (QED) is 0.847. The van der Waals surface area contributed by atoms with Gasteiger partial charge in [-0.1, -0.05) is 12.1 Å². The predicted molar refractivity (Wildman–Crippen MR) is 65.1 cm³/mol. The second kappa shape index (κ2) is 6.22. The molecular weight excluding hydrogens is 238 g/mol. The van der Waals surface area contributed by atoms with Crippen LogP contribution in [0, 0.1) is 11.6 Å². The van der Waals surface area contributed by atoms with Crippen molar-refractivity contribution in [3.8, 4) is 0 Å². The van der Waals surface area contributed by atoms with E-state index in [9.17, 15) is 8.78 Å². The topological polar surface area (TPSA) is 35.5 Å². The fraction of sp³-hybridized carbons (Fsp3) is 0.538. The Bertz CT molecular complexity index is 399. The molecule has 2 rings (SSSR count). The first-order valence-corrected chi connectivity index (χ1v) is 6.21. The first kappa shape index (κ1) is 13.4. The minimum Gasteiger partial charge on any atom is -0.396 e. The Hall–Kier alpha value is -1.04. The van der Waals surface area contributed by atoms with E-state index in [1.165, 1.54) is 6.07 Å². The SMILES string of the molecule is OCCC1CNCCN1Cc1cccc(F)c1F. The normalized spacial score (nSPS) is 21.2. The van der Waals surface area contributed by atoms with Gasteiger partial charge in [0.25, 0.3) is 0 Å². The van der Waals surface area contributed by atoms with Crippen molar-refractivity contribution in [3.63, 3.8) is 0 Å². The van der Waals surface area contributed by atoms with Crippen molar-refractivity contribution in [1.82, 2.24) is 10.2 Å². The van der Waals surface area contributed by atoms with Gasteiger partial charge in [0.05, 0.1) is 0 Å². The maximum atomic E-state index is 13.6. The lowest BCUT2D eigenvalue weighted by atomic mass is 10.1. The number of aliphatic hydroxyl groups excluding tert-OH is 1. The standard InChI is InChI=1S/C13H18F2N2O/c14-12-3-1-2-10(13(12)15)9-17-6-5-16-8-11(17)4-7-18/h1-3,11,16,18H,4-9H2. The number of piperazine rings is 1. The Kier molecular flexibility index (Phi) is 4.63. The van der Waals surface area contributed by atoms with Crippen molar-refractivity contribution < 1.29 is 13.9 Å². The maximum absolute atomic E-state index is 13.6. The molecule has 3 nitrogen and oxygen atoms in total. The average Bonchev–Trinajstić information content (AvgIpc) is 2.37. The first-order chi connectivity index (χ1) is 8.72. The van der Waals surface area contributed by atoms with E-state index < -0.39 is 11.6 Å². The molecule has 0 radical (unpaired) electrons. The van der Waals surface area contributed by atoms with E-state index in [0.717, 1.165) is 25.7 Å². The summed E-state index contributed by atoms with van der Waals surface area (Å²) < 4.78 is 26.7. The second-order valence-corrected chi connectivity index (χ2v) is 4.55. The number of hydrogen-bond acceptors (Lipinski definition) is 3. The van der Waals surface area contributed by atoms with Gasteiger partial charge in [0, 0.05) is 44.4 Å². The van der Waals surface area contributed by atoms with Crippen LogP contribution in [0.25, 0.3) is 0 Å². The van der Waals surface area contributed by atoms with Crippen LogP contribution in [0.1, 0.15) is 12.0 Å². The largest absolute Gasteiger partial charge is 0.396 e. The van der Waals surface area contributed by atoms with Crippen molar-refractivity contribution >= 4 is 0 Å². The van der Waals surface area contributed by atoms with Crippen LogP contribution in [0.2, 0.25) is 0 Å². The van der Waals surface area contributed by atoms with Crippen LogP contribution < -0.4 is 5.32 Å². The fourth-order valence-electron chi connectivity index (χ4n) is 2.33. The molecule has 1 unspecified atom stereocenters. The Labute approximate surface area is 105 Å². The van der Waals surface area contributed by atoms with Crippen LogP contribution in [0.4, 0.5) is 8.78 Å². The van der Waals surface area contributed by atoms with E-state index in [1.54, 1.807) is 6.07 Å². The van der Waals surface area contributed by atoms with Gasteiger partial charge in [-0.15, -0.1) is 0 Å². The molecule has 0 bridgehead atoms. The van der Waals surface area contributed by atoms with Gasteiger partial charge >= 0.3 is 0 Å². The minimum absolute atomic E-state index is 0.106. The third-order valence-electron chi connectivity index (χ3n) is 3.34. The highest BCUT2D eigenvalue weighted by Crippen LogP contribution is 2.17. The molecule has 1 fully saturated rings. The second-order valence-electron chi connectivity index (χ2n) is 4.55. The third kappa shape index (κ3) is 3.04. The van der Waals surface area contributed by atoms with Crippen molar-refractivity contribution in [2.75, 3.05) is 26.2 Å². The molecule has 0 amide bonds. The predicted octanol–water partition coefficient (Wildman–Crippen LogP) is 1.12. The van der Waals surface area contributed by atoms with Crippen LogP contribution in [0.5, 0.6) is 0 Å². The number of nitrogens with zero attached hydrogens (tertiary/aromatic N) is 1. The van der Waals surface area contributed by atoms with Crippen LogP contribution in [-0.4, -0.2) is 42.3 Å². The summed E-state index contributed by atoms with van der Waals surface area (Å²) in [6.45, 7) is 2.88. The van der Waals surface area contributed by atoms with E-state index in [2.05, 4.69) is 10.2 Å². The summed E-state index contributed by atoms with van der Waals surface area (Å²) in [5.41, 5.74) is 0.375. The van der Waals surface area contributed by atoms with E-state index in [4.69, 9.17) is 5.11 Å². The molecule has 1 aromatic rings. The van der Waals surface area contributed by atoms with Gasteiger partial charge in [0.15, 0.2) is 11.6 Å². The summed E-state index contributed by atoms with van der Waals surface area (Å²) in [4.78, 5) is 2.09. The average molecular weight is 256 g/mol. The number of halogens is 2. The number of benzene rings is 1. The summed E-state index contributed by atoms with van der Waals surface area (Å²) in [6, 6.07) is 4.43. The highest BCUT2D eigenvalue weighted by atomic mass is 19.2. The summed E-state index contributed by atoms with van der Waals surface area (Å²) >= 11 is 0. The molecule has 0 saturated carbocycles. The summed E-state index contributed by atoms with van der Waals surface area (Å²) in [5.74, 6) is -1.57. The van der Waals surface area contributed by atoms with Gasteiger partial charge in [-0.3, -0.25) is 4.90 Å². The molecule has 100 valence electrons. The lowest BCUT2D eigenvalue weighted by Crippen LogP contribution is -2.51. The molecule has 0 spiro atoms. The first-order valence-electron chi connectivity index (χ1n) is 6.21. The number of aliphatic hydroxyl groups is 1. The molecule has 0 aliphatic carbocycles. The highest BCUT2D eigenvalue weighted by Gasteiger charge is 2.23. The van der Waals surface area contributed by atoms with Crippen LogP contribution >= 0.6 is 0 Å². The molecule has 1 saturated heterocycles. The smallest absolute Gasteiger partial charge is 0.163 e. The van der Waals surface area contributed by atoms with Gasteiger partial charge in [-0.2, -0.15) is 0 Å². The van der Waals surface area contributed by atoms with Gasteiger partial charge in [-0.05, 0) is 12.5 Å². The zero-order chi connectivity index (χ0) is 13.0. The van der Waals surface area contributed by atoms with Crippen LogP contribution in [0.15, 0.2) is 18.2 Å².